The summed E-state index contributed by atoms with van der Waals surface area (Å²) in [5.74, 6) is -0.00311. The van der Waals surface area contributed by atoms with Gasteiger partial charge in [-0.2, -0.15) is 5.10 Å². The summed E-state index contributed by atoms with van der Waals surface area (Å²) in [6, 6.07) is 7.25. The number of amides is 1. The normalized spacial score (nSPS) is 23.0. The second-order valence-corrected chi connectivity index (χ2v) is 6.94. The van der Waals surface area contributed by atoms with Crippen molar-refractivity contribution < 1.29 is 9.53 Å². The molecule has 2 aromatic rings. The van der Waals surface area contributed by atoms with E-state index in [2.05, 4.69) is 15.5 Å². The summed E-state index contributed by atoms with van der Waals surface area (Å²) in [7, 11) is 0. The number of nitrogens with zero attached hydrogens (tertiary/aromatic N) is 1. The predicted molar refractivity (Wildman–Crippen MR) is 92.1 cm³/mol. The first kappa shape index (κ1) is 15.7. The van der Waals surface area contributed by atoms with Crippen LogP contribution in [0.2, 0.25) is 5.02 Å². The predicted octanol–water partition coefficient (Wildman–Crippen LogP) is 3.66. The van der Waals surface area contributed by atoms with Crippen LogP contribution in [0.25, 0.3) is 0 Å². The van der Waals surface area contributed by atoms with Gasteiger partial charge in [0.05, 0.1) is 5.69 Å². The topological polar surface area (TPSA) is 67.0 Å². The fraction of sp³-hybridized carbons (Fsp3) is 0.444. The van der Waals surface area contributed by atoms with Crippen molar-refractivity contribution in [2.75, 3.05) is 11.9 Å². The maximum Gasteiger partial charge on any atom is 0.227 e. The van der Waals surface area contributed by atoms with E-state index in [0.717, 1.165) is 49.4 Å². The Labute approximate surface area is 145 Å². The standard InChI is InChI=1S/C18H20ClN3O2/c19-12-3-1-4-13(10-12)20-18(23)11-6-7-15-14(9-11)17(22-21-15)16-5-2-8-24-16/h1,3-4,10-11,16H,2,5-9H2,(H,20,23)(H,21,22). The summed E-state index contributed by atoms with van der Waals surface area (Å²) in [4.78, 5) is 12.6. The third kappa shape index (κ3) is 3.06. The van der Waals surface area contributed by atoms with Crippen LogP contribution in [0.4, 0.5) is 5.69 Å². The van der Waals surface area contributed by atoms with E-state index in [1.54, 1.807) is 12.1 Å². The number of fused-ring (bicyclic) bond motifs is 1. The van der Waals surface area contributed by atoms with Crippen molar-refractivity contribution in [3.05, 3.63) is 46.2 Å². The van der Waals surface area contributed by atoms with Crippen LogP contribution in [0.1, 0.15) is 42.3 Å². The number of H-pyrrole nitrogens is 1. The summed E-state index contributed by atoms with van der Waals surface area (Å²) in [5, 5.41) is 11.2. The Morgan fingerprint density at radius 1 is 1.38 bits per heavy atom. The Bertz CT molecular complexity index is 752. The Balaban J connectivity index is 1.49. The van der Waals surface area contributed by atoms with Crippen LogP contribution in [0.5, 0.6) is 0 Å². The van der Waals surface area contributed by atoms with Crippen LogP contribution >= 0.6 is 11.6 Å². The van der Waals surface area contributed by atoms with Gasteiger partial charge in [-0.25, -0.2) is 0 Å². The molecule has 5 nitrogen and oxygen atoms in total. The molecule has 6 heteroatoms. The van der Waals surface area contributed by atoms with Crippen molar-refractivity contribution in [1.29, 1.82) is 0 Å². The van der Waals surface area contributed by atoms with Crippen LogP contribution < -0.4 is 5.32 Å². The number of carbonyl (C=O) groups excluding carboxylic acids is 1. The van der Waals surface area contributed by atoms with Crippen LogP contribution in [0.15, 0.2) is 24.3 Å². The molecule has 1 aromatic heterocycles. The molecule has 1 aromatic carbocycles. The first-order valence-corrected chi connectivity index (χ1v) is 8.82. The van der Waals surface area contributed by atoms with Gasteiger partial charge in [0.2, 0.25) is 5.91 Å². The molecular formula is C18H20ClN3O2. The van der Waals surface area contributed by atoms with E-state index >= 15 is 0 Å². The quantitative estimate of drug-likeness (QED) is 0.892. The molecule has 2 N–H and O–H groups in total. The number of halogens is 1. The molecular weight excluding hydrogens is 326 g/mol. The van der Waals surface area contributed by atoms with E-state index in [4.69, 9.17) is 16.3 Å². The monoisotopic (exact) mass is 345 g/mol. The smallest absolute Gasteiger partial charge is 0.227 e. The Morgan fingerprint density at radius 2 is 2.29 bits per heavy atom. The third-order valence-electron chi connectivity index (χ3n) is 4.88. The molecule has 2 heterocycles. The van der Waals surface area contributed by atoms with Crippen molar-refractivity contribution in [2.24, 2.45) is 5.92 Å². The second-order valence-electron chi connectivity index (χ2n) is 6.51. The number of hydrogen-bond donors (Lipinski definition) is 2. The molecule has 2 aliphatic rings. The molecule has 1 amide bonds. The van der Waals surface area contributed by atoms with Gasteiger partial charge in [-0.1, -0.05) is 17.7 Å². The summed E-state index contributed by atoms with van der Waals surface area (Å²) >= 11 is 5.98. The molecule has 2 atom stereocenters. The molecule has 126 valence electrons. The Kier molecular flexibility index (Phi) is 4.29. The van der Waals surface area contributed by atoms with Gasteiger partial charge >= 0.3 is 0 Å². The van der Waals surface area contributed by atoms with Gasteiger partial charge in [0.15, 0.2) is 0 Å². The van der Waals surface area contributed by atoms with Crippen molar-refractivity contribution >= 4 is 23.2 Å². The van der Waals surface area contributed by atoms with Crippen LogP contribution in [-0.4, -0.2) is 22.7 Å². The lowest BCUT2D eigenvalue weighted by molar-refractivity contribution is -0.120. The molecule has 24 heavy (non-hydrogen) atoms. The van der Waals surface area contributed by atoms with Crippen molar-refractivity contribution in [3.63, 3.8) is 0 Å². The molecule has 1 fully saturated rings. The maximum absolute atomic E-state index is 12.6. The first-order valence-electron chi connectivity index (χ1n) is 8.45. The molecule has 0 saturated carbocycles. The van der Waals surface area contributed by atoms with E-state index < -0.39 is 0 Å². The van der Waals surface area contributed by atoms with Gasteiger partial charge in [0, 0.05) is 28.9 Å². The van der Waals surface area contributed by atoms with Crippen LogP contribution in [-0.2, 0) is 22.4 Å². The molecule has 0 spiro atoms. The van der Waals surface area contributed by atoms with Gasteiger partial charge in [0.1, 0.15) is 6.10 Å². The van der Waals surface area contributed by atoms with Crippen LogP contribution in [0, 0.1) is 5.92 Å². The number of carbonyl (C=O) groups is 1. The molecule has 1 aliphatic carbocycles. The van der Waals surface area contributed by atoms with Crippen molar-refractivity contribution in [1.82, 2.24) is 10.2 Å². The molecule has 0 radical (unpaired) electrons. The SMILES string of the molecule is O=C(Nc1cccc(Cl)c1)C1CCc2[nH]nc(C3CCCO3)c2C1. The number of nitrogens with one attached hydrogen (secondary N) is 2. The number of aromatic amines is 1. The van der Waals surface area contributed by atoms with Gasteiger partial charge in [-0.15, -0.1) is 0 Å². The lowest BCUT2D eigenvalue weighted by Gasteiger charge is -2.22. The molecule has 4 rings (SSSR count). The highest BCUT2D eigenvalue weighted by atomic mass is 35.5. The second kappa shape index (κ2) is 6.57. The number of hydrogen-bond acceptors (Lipinski definition) is 3. The zero-order chi connectivity index (χ0) is 16.5. The Hall–Kier alpha value is -1.85. The van der Waals surface area contributed by atoms with Gasteiger partial charge in [-0.05, 0) is 55.9 Å². The number of aromatic nitrogens is 2. The number of rotatable bonds is 3. The minimum atomic E-state index is -0.0470. The molecule has 1 aliphatic heterocycles. The number of benzene rings is 1. The largest absolute Gasteiger partial charge is 0.372 e. The number of aryl methyl sites for hydroxylation is 1. The molecule has 1 saturated heterocycles. The van der Waals surface area contributed by atoms with E-state index in [9.17, 15) is 4.79 Å². The fourth-order valence-electron chi connectivity index (χ4n) is 3.61. The van der Waals surface area contributed by atoms with E-state index in [1.807, 2.05) is 12.1 Å². The summed E-state index contributed by atoms with van der Waals surface area (Å²) in [5.41, 5.74) is 4.08. The average Bonchev–Trinajstić information content (AvgIpc) is 3.23. The fourth-order valence-corrected chi connectivity index (χ4v) is 3.80. The van der Waals surface area contributed by atoms with Crippen molar-refractivity contribution in [2.45, 2.75) is 38.2 Å². The zero-order valence-electron chi connectivity index (χ0n) is 13.3. The maximum atomic E-state index is 12.6. The summed E-state index contributed by atoms with van der Waals surface area (Å²) in [6.07, 6.45) is 4.56. The third-order valence-corrected chi connectivity index (χ3v) is 5.11. The van der Waals surface area contributed by atoms with Crippen LogP contribution in [0.3, 0.4) is 0 Å². The minimum absolute atomic E-state index is 0.0439. The highest BCUT2D eigenvalue weighted by molar-refractivity contribution is 6.30. The first-order chi connectivity index (χ1) is 11.7. The number of ether oxygens (including phenoxy) is 1. The van der Waals surface area contributed by atoms with Gasteiger partial charge in [-0.3, -0.25) is 9.89 Å². The number of anilines is 1. The average molecular weight is 346 g/mol. The van der Waals surface area contributed by atoms with E-state index in [1.165, 1.54) is 5.56 Å². The lowest BCUT2D eigenvalue weighted by Crippen LogP contribution is -2.28. The van der Waals surface area contributed by atoms with Gasteiger partial charge < -0.3 is 10.1 Å². The van der Waals surface area contributed by atoms with E-state index in [0.29, 0.717) is 11.4 Å². The highest BCUT2D eigenvalue weighted by Crippen LogP contribution is 2.35. The van der Waals surface area contributed by atoms with E-state index in [-0.39, 0.29) is 17.9 Å². The minimum Gasteiger partial charge on any atom is -0.372 e. The summed E-state index contributed by atoms with van der Waals surface area (Å²) < 4.78 is 5.77. The van der Waals surface area contributed by atoms with Gasteiger partial charge in [0.25, 0.3) is 0 Å². The molecule has 0 bridgehead atoms. The zero-order valence-corrected chi connectivity index (χ0v) is 14.1. The molecule has 2 unspecified atom stereocenters. The lowest BCUT2D eigenvalue weighted by atomic mass is 9.85. The summed E-state index contributed by atoms with van der Waals surface area (Å²) in [6.45, 7) is 0.797. The van der Waals surface area contributed by atoms with Crippen molar-refractivity contribution in [3.8, 4) is 0 Å². The Morgan fingerprint density at radius 3 is 3.08 bits per heavy atom. The highest BCUT2D eigenvalue weighted by Gasteiger charge is 2.32.